The van der Waals surface area contributed by atoms with Crippen LogP contribution in [0.15, 0.2) is 48.5 Å². The molecular formula is C56H66O9. The van der Waals surface area contributed by atoms with Gasteiger partial charge in [-0.1, -0.05) is 75.1 Å². The summed E-state index contributed by atoms with van der Waals surface area (Å²) in [4.78, 5) is 0. The molecule has 0 saturated heterocycles. The van der Waals surface area contributed by atoms with Crippen molar-refractivity contribution in [1.82, 2.24) is 0 Å². The molecule has 1 aliphatic carbocycles. The van der Waals surface area contributed by atoms with Crippen LogP contribution in [0.3, 0.4) is 0 Å². The van der Waals surface area contributed by atoms with Crippen LogP contribution < -0.4 is 18.9 Å². The van der Waals surface area contributed by atoms with Crippen LogP contribution in [0.1, 0.15) is 148 Å². The Kier molecular flexibility index (Phi) is 20.4. The molecule has 8 bridgehead atoms. The van der Waals surface area contributed by atoms with Crippen LogP contribution in [0, 0.1) is 47.4 Å². The molecule has 344 valence electrons. The van der Waals surface area contributed by atoms with E-state index in [0.717, 1.165) is 115 Å². The lowest BCUT2D eigenvalue weighted by Gasteiger charge is -2.24. The Labute approximate surface area is 386 Å². The summed E-state index contributed by atoms with van der Waals surface area (Å²) in [7, 11) is 0. The third kappa shape index (κ3) is 15.1. The van der Waals surface area contributed by atoms with Gasteiger partial charge in [-0.2, -0.15) is 0 Å². The van der Waals surface area contributed by atoms with Crippen LogP contribution in [0.25, 0.3) is 0 Å². The molecule has 0 aliphatic heterocycles. The van der Waals surface area contributed by atoms with E-state index >= 15 is 0 Å². The topological polar surface area (TPSA) is 149 Å². The SMILES string of the molecule is CCCOc1c2cc(C#C[C@H](C)O)cc1Cc1cc(C#C[C@H](C)O)cc(c1OCCC)Cc1cc(C#C[C@H](C)O)cc(c1OCCC)Cc1cc(C#C[C@H](C)O)cc(c1OCCC)C2.O. The number of aliphatic hydroxyl groups is 4. The summed E-state index contributed by atoms with van der Waals surface area (Å²) in [6.45, 7) is 16.8. The Balaban J connectivity index is 0.00000925. The van der Waals surface area contributed by atoms with Crippen LogP contribution in [0.4, 0.5) is 0 Å². The van der Waals surface area contributed by atoms with Crippen molar-refractivity contribution >= 4 is 0 Å². The summed E-state index contributed by atoms with van der Waals surface area (Å²) in [6.07, 6.45) is 1.35. The fraction of sp³-hybridized carbons (Fsp3) is 0.429. The largest absolute Gasteiger partial charge is 0.493 e. The number of fused-ring (bicyclic) bond motifs is 8. The number of benzene rings is 4. The Hall–Kier alpha value is -5.88. The van der Waals surface area contributed by atoms with Crippen molar-refractivity contribution in [2.75, 3.05) is 26.4 Å². The predicted molar refractivity (Wildman–Crippen MR) is 258 cm³/mol. The smallest absolute Gasteiger partial charge is 0.126 e. The van der Waals surface area contributed by atoms with Gasteiger partial charge in [0.1, 0.15) is 47.4 Å². The summed E-state index contributed by atoms with van der Waals surface area (Å²) in [5.74, 6) is 27.6. The van der Waals surface area contributed by atoms with Gasteiger partial charge in [0.2, 0.25) is 0 Å². The van der Waals surface area contributed by atoms with E-state index in [0.29, 0.717) is 52.1 Å². The molecule has 1 aliphatic rings. The third-order valence-electron chi connectivity index (χ3n) is 10.00. The summed E-state index contributed by atoms with van der Waals surface area (Å²) in [5, 5.41) is 41.2. The van der Waals surface area contributed by atoms with E-state index in [1.165, 1.54) is 0 Å². The van der Waals surface area contributed by atoms with Gasteiger partial charge in [-0.05, 0) is 102 Å². The molecule has 0 heterocycles. The zero-order valence-electron chi connectivity index (χ0n) is 39.3. The minimum absolute atomic E-state index is 0. The van der Waals surface area contributed by atoms with Crippen LogP contribution >= 0.6 is 0 Å². The molecule has 0 spiro atoms. The van der Waals surface area contributed by atoms with E-state index in [2.05, 4.69) is 75.1 Å². The molecule has 0 amide bonds. The Morgan fingerprint density at radius 2 is 0.538 bits per heavy atom. The average molecular weight is 883 g/mol. The lowest BCUT2D eigenvalue weighted by atomic mass is 9.88. The van der Waals surface area contributed by atoms with Crippen LogP contribution in [0.2, 0.25) is 0 Å². The maximum atomic E-state index is 10.3. The summed E-state index contributed by atoms with van der Waals surface area (Å²) in [5.41, 5.74) is 9.93. The molecule has 0 unspecified atom stereocenters. The van der Waals surface area contributed by atoms with E-state index in [1.807, 2.05) is 48.5 Å². The molecule has 4 aromatic rings. The van der Waals surface area contributed by atoms with Crippen molar-refractivity contribution in [2.24, 2.45) is 0 Å². The van der Waals surface area contributed by atoms with Crippen molar-refractivity contribution in [3.8, 4) is 70.4 Å². The molecule has 9 nitrogen and oxygen atoms in total. The first-order chi connectivity index (χ1) is 30.8. The molecule has 65 heavy (non-hydrogen) atoms. The molecule has 0 aromatic heterocycles. The lowest BCUT2D eigenvalue weighted by molar-refractivity contribution is 0.253. The Morgan fingerprint density at radius 1 is 0.369 bits per heavy atom. The molecular weight excluding hydrogens is 817 g/mol. The van der Waals surface area contributed by atoms with Crippen molar-refractivity contribution in [3.05, 3.63) is 115 Å². The zero-order valence-corrected chi connectivity index (χ0v) is 39.3. The number of hydrogen-bond donors (Lipinski definition) is 4. The first kappa shape index (κ1) is 51.8. The maximum absolute atomic E-state index is 10.3. The van der Waals surface area contributed by atoms with E-state index in [-0.39, 0.29) is 5.48 Å². The monoisotopic (exact) mass is 882 g/mol. The molecule has 0 radical (unpaired) electrons. The number of hydrogen-bond acceptors (Lipinski definition) is 8. The van der Waals surface area contributed by atoms with Gasteiger partial charge in [-0.25, -0.2) is 0 Å². The number of ether oxygens (including phenoxy) is 4. The van der Waals surface area contributed by atoms with Crippen molar-refractivity contribution in [1.29, 1.82) is 0 Å². The molecule has 9 heteroatoms. The maximum Gasteiger partial charge on any atom is 0.126 e. The van der Waals surface area contributed by atoms with Gasteiger partial charge in [0.25, 0.3) is 0 Å². The third-order valence-corrected chi connectivity index (χ3v) is 10.00. The van der Waals surface area contributed by atoms with Crippen molar-refractivity contribution < 1.29 is 44.8 Å². The normalized spacial score (nSPS) is 13.2. The van der Waals surface area contributed by atoms with E-state index < -0.39 is 24.4 Å². The van der Waals surface area contributed by atoms with Crippen LogP contribution in [-0.4, -0.2) is 76.7 Å². The van der Waals surface area contributed by atoms with E-state index in [4.69, 9.17) is 18.9 Å². The summed E-state index contributed by atoms with van der Waals surface area (Å²) >= 11 is 0. The van der Waals surface area contributed by atoms with Gasteiger partial charge in [-0.15, -0.1) is 0 Å². The second kappa shape index (κ2) is 25.6. The van der Waals surface area contributed by atoms with Gasteiger partial charge < -0.3 is 44.8 Å². The molecule has 4 atom stereocenters. The second-order valence-electron chi connectivity index (χ2n) is 16.4. The van der Waals surface area contributed by atoms with Crippen molar-refractivity contribution in [3.63, 3.8) is 0 Å². The van der Waals surface area contributed by atoms with E-state index in [9.17, 15) is 20.4 Å². The molecule has 4 aromatic carbocycles. The van der Waals surface area contributed by atoms with Crippen molar-refractivity contribution in [2.45, 2.75) is 131 Å². The van der Waals surface area contributed by atoms with Gasteiger partial charge >= 0.3 is 0 Å². The molecule has 5 rings (SSSR count). The highest BCUT2D eigenvalue weighted by molar-refractivity contribution is 5.62. The second-order valence-corrected chi connectivity index (χ2v) is 16.4. The highest BCUT2D eigenvalue weighted by Crippen LogP contribution is 2.41. The highest BCUT2D eigenvalue weighted by Gasteiger charge is 2.24. The van der Waals surface area contributed by atoms with E-state index in [1.54, 1.807) is 27.7 Å². The average Bonchev–Trinajstić information content (AvgIpc) is 3.24. The number of aliphatic hydroxyl groups excluding tert-OH is 4. The molecule has 0 saturated carbocycles. The quantitative estimate of drug-likeness (QED) is 0.0936. The molecule has 6 N–H and O–H groups in total. The predicted octanol–water partition coefficient (Wildman–Crippen LogP) is 7.62. The number of rotatable bonds is 12. The van der Waals surface area contributed by atoms with Gasteiger partial charge in [-0.3, -0.25) is 0 Å². The van der Waals surface area contributed by atoms with Gasteiger partial charge in [0, 0.05) is 92.4 Å². The van der Waals surface area contributed by atoms with Crippen LogP contribution in [0.5, 0.6) is 23.0 Å². The highest BCUT2D eigenvalue weighted by atomic mass is 16.5. The Morgan fingerprint density at radius 3 is 0.677 bits per heavy atom. The van der Waals surface area contributed by atoms with Gasteiger partial charge in [0.05, 0.1) is 26.4 Å². The molecule has 0 fully saturated rings. The Bertz CT molecular complexity index is 2060. The zero-order chi connectivity index (χ0) is 46.2. The van der Waals surface area contributed by atoms with Gasteiger partial charge in [0.15, 0.2) is 0 Å². The first-order valence-corrected chi connectivity index (χ1v) is 22.7. The summed E-state index contributed by atoms with van der Waals surface area (Å²) in [6, 6.07) is 16.2. The summed E-state index contributed by atoms with van der Waals surface area (Å²) < 4.78 is 27.0. The fourth-order valence-corrected chi connectivity index (χ4v) is 7.49. The standard InChI is InChI=1S/C56H64O8.H2O/c1-9-21-61-53-45-25-41(17-13-37(5)57)26-46(53)34-48-28-43(19-15-39(7)59)30-50(55(48)63-23-11-3)36-52-32-44(20-16-40(8)60)31-51(56(52)64-24-12-4)35-49-29-42(18-14-38(6)58)27-47(33-45)54(49)62-22-10-2;/h25-32,37-40,57-60H,9-12,21-24,33-36H2,1-8H3;1H2/t37-,38-,39-,40-;/m0./s1. The minimum atomic E-state index is -0.836. The first-order valence-electron chi connectivity index (χ1n) is 22.7. The minimum Gasteiger partial charge on any atom is -0.493 e. The fourth-order valence-electron chi connectivity index (χ4n) is 7.49. The van der Waals surface area contributed by atoms with Crippen LogP contribution in [-0.2, 0) is 25.7 Å². The lowest BCUT2D eigenvalue weighted by Crippen LogP contribution is -2.11.